The molecular weight excluding hydrogens is 246 g/mol. The summed E-state index contributed by atoms with van der Waals surface area (Å²) in [7, 11) is 0. The number of carbonyl (C=O) groups excluding carboxylic acids is 1. The summed E-state index contributed by atoms with van der Waals surface area (Å²) in [5.74, 6) is 2.03. The zero-order chi connectivity index (χ0) is 13.5. The van der Waals surface area contributed by atoms with E-state index in [1.807, 2.05) is 18.7 Å². The van der Waals surface area contributed by atoms with Crippen LogP contribution in [0, 0.1) is 0 Å². The minimum absolute atomic E-state index is 0.122. The summed E-state index contributed by atoms with van der Waals surface area (Å²) in [6.07, 6.45) is 0.960. The van der Waals surface area contributed by atoms with Gasteiger partial charge in [0.05, 0.1) is 0 Å². The van der Waals surface area contributed by atoms with E-state index in [-0.39, 0.29) is 11.9 Å². The fourth-order valence-electron chi connectivity index (χ4n) is 1.59. The highest BCUT2D eigenvalue weighted by Gasteiger charge is 2.10. The number of nitrogen functional groups attached to an aromatic ring is 2. The second kappa shape index (κ2) is 7.16. The smallest absolute Gasteiger partial charge is 0.251 e. The van der Waals surface area contributed by atoms with Crippen LogP contribution in [0.25, 0.3) is 0 Å². The van der Waals surface area contributed by atoms with Gasteiger partial charge in [-0.1, -0.05) is 6.92 Å². The Kier molecular flexibility index (Phi) is 5.85. The SMILES string of the molecule is CCSCCC(C)NC(=O)c1cc(N)cc(N)c1. The Balaban J connectivity index is 2.54. The molecule has 1 amide bonds. The molecule has 5 heteroatoms. The molecule has 0 aliphatic heterocycles. The van der Waals surface area contributed by atoms with E-state index in [0.717, 1.165) is 17.9 Å². The number of hydrogen-bond acceptors (Lipinski definition) is 4. The summed E-state index contributed by atoms with van der Waals surface area (Å²) in [4.78, 5) is 12.0. The van der Waals surface area contributed by atoms with Crippen LogP contribution >= 0.6 is 11.8 Å². The van der Waals surface area contributed by atoms with Crippen LogP contribution in [0.4, 0.5) is 11.4 Å². The largest absolute Gasteiger partial charge is 0.399 e. The van der Waals surface area contributed by atoms with Crippen LogP contribution in [0.1, 0.15) is 30.6 Å². The highest BCUT2D eigenvalue weighted by molar-refractivity contribution is 7.99. The fourth-order valence-corrected chi connectivity index (χ4v) is 2.40. The molecule has 5 N–H and O–H groups in total. The molecule has 0 aromatic heterocycles. The molecule has 18 heavy (non-hydrogen) atoms. The minimum atomic E-state index is -0.122. The van der Waals surface area contributed by atoms with Crippen molar-refractivity contribution in [3.8, 4) is 0 Å². The molecular formula is C13H21N3OS. The van der Waals surface area contributed by atoms with Crippen molar-refractivity contribution in [2.24, 2.45) is 0 Å². The topological polar surface area (TPSA) is 81.1 Å². The second-order valence-electron chi connectivity index (χ2n) is 4.25. The lowest BCUT2D eigenvalue weighted by Gasteiger charge is -2.14. The van der Waals surface area contributed by atoms with Crippen molar-refractivity contribution in [2.75, 3.05) is 23.0 Å². The zero-order valence-corrected chi connectivity index (χ0v) is 11.7. The third-order valence-electron chi connectivity index (χ3n) is 2.52. The first-order valence-corrected chi connectivity index (χ1v) is 7.23. The number of nitrogens with one attached hydrogen (secondary N) is 1. The van der Waals surface area contributed by atoms with Crippen LogP contribution in [-0.2, 0) is 0 Å². The van der Waals surface area contributed by atoms with Gasteiger partial charge in [0.2, 0.25) is 0 Å². The van der Waals surface area contributed by atoms with E-state index in [4.69, 9.17) is 11.5 Å². The second-order valence-corrected chi connectivity index (χ2v) is 5.64. The third-order valence-corrected chi connectivity index (χ3v) is 3.45. The van der Waals surface area contributed by atoms with Gasteiger partial charge in [-0.05, 0) is 43.0 Å². The number of amides is 1. The maximum atomic E-state index is 12.0. The lowest BCUT2D eigenvalue weighted by molar-refractivity contribution is 0.0939. The maximum absolute atomic E-state index is 12.0. The number of hydrogen-bond donors (Lipinski definition) is 3. The summed E-state index contributed by atoms with van der Waals surface area (Å²) in [5, 5.41) is 2.95. The first-order chi connectivity index (χ1) is 8.52. The molecule has 0 radical (unpaired) electrons. The molecule has 1 aromatic carbocycles. The number of carbonyl (C=O) groups is 1. The maximum Gasteiger partial charge on any atom is 0.251 e. The van der Waals surface area contributed by atoms with Gasteiger partial charge in [-0.2, -0.15) is 11.8 Å². The van der Waals surface area contributed by atoms with Gasteiger partial charge in [-0.3, -0.25) is 4.79 Å². The van der Waals surface area contributed by atoms with Gasteiger partial charge in [0, 0.05) is 23.0 Å². The van der Waals surface area contributed by atoms with E-state index in [1.165, 1.54) is 0 Å². The van der Waals surface area contributed by atoms with Crippen LogP contribution < -0.4 is 16.8 Å². The Bertz CT molecular complexity index is 389. The molecule has 0 bridgehead atoms. The van der Waals surface area contributed by atoms with E-state index < -0.39 is 0 Å². The fraction of sp³-hybridized carbons (Fsp3) is 0.462. The average Bonchev–Trinajstić information content (AvgIpc) is 2.28. The van der Waals surface area contributed by atoms with Crippen molar-refractivity contribution in [1.82, 2.24) is 5.32 Å². The number of rotatable bonds is 6. The van der Waals surface area contributed by atoms with Gasteiger partial charge < -0.3 is 16.8 Å². The molecule has 4 nitrogen and oxygen atoms in total. The molecule has 1 rings (SSSR count). The molecule has 0 aliphatic carbocycles. The van der Waals surface area contributed by atoms with Gasteiger partial charge in [-0.25, -0.2) is 0 Å². The molecule has 100 valence electrons. The summed E-state index contributed by atoms with van der Waals surface area (Å²) < 4.78 is 0. The van der Waals surface area contributed by atoms with Gasteiger partial charge >= 0.3 is 0 Å². The average molecular weight is 267 g/mol. The van der Waals surface area contributed by atoms with Crippen molar-refractivity contribution >= 4 is 29.0 Å². The molecule has 1 aromatic rings. The number of nitrogens with two attached hydrogens (primary N) is 2. The van der Waals surface area contributed by atoms with Crippen LogP contribution in [0.2, 0.25) is 0 Å². The quantitative estimate of drug-likeness (QED) is 0.544. The van der Waals surface area contributed by atoms with Crippen molar-refractivity contribution in [2.45, 2.75) is 26.3 Å². The predicted octanol–water partition coefficient (Wildman–Crippen LogP) is 2.11. The predicted molar refractivity (Wildman–Crippen MR) is 79.8 cm³/mol. The molecule has 0 aliphatic rings. The number of anilines is 2. The lowest BCUT2D eigenvalue weighted by atomic mass is 10.1. The monoisotopic (exact) mass is 267 g/mol. The van der Waals surface area contributed by atoms with Gasteiger partial charge in [0.25, 0.3) is 5.91 Å². The molecule has 0 spiro atoms. The first kappa shape index (κ1) is 14.7. The lowest BCUT2D eigenvalue weighted by Crippen LogP contribution is -2.33. The van der Waals surface area contributed by atoms with E-state index in [9.17, 15) is 4.79 Å². The van der Waals surface area contributed by atoms with Crippen LogP contribution in [0.15, 0.2) is 18.2 Å². The van der Waals surface area contributed by atoms with Crippen molar-refractivity contribution in [3.63, 3.8) is 0 Å². The highest BCUT2D eigenvalue weighted by Crippen LogP contribution is 2.14. The van der Waals surface area contributed by atoms with E-state index in [0.29, 0.717) is 16.9 Å². The van der Waals surface area contributed by atoms with Gasteiger partial charge in [-0.15, -0.1) is 0 Å². The molecule has 0 saturated carbocycles. The van der Waals surface area contributed by atoms with Crippen molar-refractivity contribution in [1.29, 1.82) is 0 Å². The van der Waals surface area contributed by atoms with E-state index in [1.54, 1.807) is 18.2 Å². The Hall–Kier alpha value is -1.36. The molecule has 0 fully saturated rings. The molecule has 1 atom stereocenters. The molecule has 0 heterocycles. The summed E-state index contributed by atoms with van der Waals surface area (Å²) in [6.45, 7) is 4.13. The summed E-state index contributed by atoms with van der Waals surface area (Å²) in [5.41, 5.74) is 12.9. The molecule has 0 saturated heterocycles. The Morgan fingerprint density at radius 2 is 1.94 bits per heavy atom. The normalized spacial score (nSPS) is 12.1. The Morgan fingerprint density at radius 1 is 1.33 bits per heavy atom. The minimum Gasteiger partial charge on any atom is -0.399 e. The number of benzene rings is 1. The van der Waals surface area contributed by atoms with Crippen LogP contribution in [0.3, 0.4) is 0 Å². The Morgan fingerprint density at radius 3 is 2.50 bits per heavy atom. The van der Waals surface area contributed by atoms with E-state index >= 15 is 0 Å². The van der Waals surface area contributed by atoms with Crippen molar-refractivity contribution < 1.29 is 4.79 Å². The van der Waals surface area contributed by atoms with Crippen LogP contribution in [0.5, 0.6) is 0 Å². The highest BCUT2D eigenvalue weighted by atomic mass is 32.2. The number of thioether (sulfide) groups is 1. The van der Waals surface area contributed by atoms with Gasteiger partial charge in [0.1, 0.15) is 0 Å². The van der Waals surface area contributed by atoms with Crippen molar-refractivity contribution in [3.05, 3.63) is 23.8 Å². The molecule has 1 unspecified atom stereocenters. The van der Waals surface area contributed by atoms with Crippen LogP contribution in [-0.4, -0.2) is 23.5 Å². The van der Waals surface area contributed by atoms with Gasteiger partial charge in [0.15, 0.2) is 0 Å². The Labute approximate surface area is 113 Å². The third kappa shape index (κ3) is 4.87. The zero-order valence-electron chi connectivity index (χ0n) is 10.9. The summed E-state index contributed by atoms with van der Waals surface area (Å²) in [6, 6.07) is 5.07. The standard InChI is InChI=1S/C13H21N3OS/c1-3-18-5-4-9(2)16-13(17)10-6-11(14)8-12(15)7-10/h6-9H,3-5,14-15H2,1-2H3,(H,16,17). The first-order valence-electron chi connectivity index (χ1n) is 6.07. The van der Waals surface area contributed by atoms with E-state index in [2.05, 4.69) is 12.2 Å². The summed E-state index contributed by atoms with van der Waals surface area (Å²) >= 11 is 1.87.